The minimum atomic E-state index is 0.539. The molecule has 3 aromatic heterocycles. The number of imidazole rings is 1. The van der Waals surface area contributed by atoms with Gasteiger partial charge in [-0.1, -0.05) is 0 Å². The Morgan fingerprint density at radius 3 is 2.72 bits per heavy atom. The molecule has 0 aliphatic carbocycles. The van der Waals surface area contributed by atoms with Crippen molar-refractivity contribution in [1.29, 1.82) is 0 Å². The SMILES string of the molecule is O=Cc1c(-c2ccncc2)nc2c(Br)cccn12. The number of aldehydes is 1. The number of hydrogen-bond acceptors (Lipinski definition) is 3. The number of hydrogen-bond donors (Lipinski definition) is 0. The van der Waals surface area contributed by atoms with Gasteiger partial charge in [-0.2, -0.15) is 0 Å². The van der Waals surface area contributed by atoms with Gasteiger partial charge in [-0.15, -0.1) is 0 Å². The molecule has 3 heterocycles. The molecule has 3 aromatic rings. The number of carbonyl (C=O) groups excluding carboxylic acids is 1. The molecule has 0 N–H and O–H groups in total. The van der Waals surface area contributed by atoms with Crippen molar-refractivity contribution in [3.63, 3.8) is 0 Å². The molecule has 88 valence electrons. The fraction of sp³-hybridized carbons (Fsp3) is 0. The number of halogens is 1. The molecule has 0 spiro atoms. The van der Waals surface area contributed by atoms with E-state index in [-0.39, 0.29) is 0 Å². The highest BCUT2D eigenvalue weighted by molar-refractivity contribution is 9.10. The van der Waals surface area contributed by atoms with Crippen LogP contribution < -0.4 is 0 Å². The molecule has 18 heavy (non-hydrogen) atoms. The van der Waals surface area contributed by atoms with Crippen LogP contribution in [0.25, 0.3) is 16.9 Å². The van der Waals surface area contributed by atoms with Gasteiger partial charge < -0.3 is 0 Å². The Bertz CT molecular complexity index is 722. The van der Waals surface area contributed by atoms with Gasteiger partial charge >= 0.3 is 0 Å². The number of rotatable bonds is 2. The second-order valence-electron chi connectivity index (χ2n) is 3.75. The van der Waals surface area contributed by atoms with E-state index < -0.39 is 0 Å². The first-order valence-electron chi connectivity index (χ1n) is 5.33. The second kappa shape index (κ2) is 4.34. The molecule has 0 amide bonds. The summed E-state index contributed by atoms with van der Waals surface area (Å²) in [5.41, 5.74) is 2.81. The van der Waals surface area contributed by atoms with Gasteiger partial charge in [-0.3, -0.25) is 14.2 Å². The summed E-state index contributed by atoms with van der Waals surface area (Å²) in [7, 11) is 0. The van der Waals surface area contributed by atoms with E-state index in [4.69, 9.17) is 0 Å². The fourth-order valence-electron chi connectivity index (χ4n) is 1.89. The van der Waals surface area contributed by atoms with Crippen LogP contribution in [0.2, 0.25) is 0 Å². The summed E-state index contributed by atoms with van der Waals surface area (Å²) >= 11 is 3.43. The second-order valence-corrected chi connectivity index (χ2v) is 4.60. The zero-order chi connectivity index (χ0) is 12.5. The smallest absolute Gasteiger partial charge is 0.169 e. The molecule has 3 rings (SSSR count). The molecule has 0 unspecified atom stereocenters. The third kappa shape index (κ3) is 1.64. The highest BCUT2D eigenvalue weighted by Crippen LogP contribution is 2.26. The quantitative estimate of drug-likeness (QED) is 0.684. The fourth-order valence-corrected chi connectivity index (χ4v) is 2.32. The van der Waals surface area contributed by atoms with Gasteiger partial charge in [-0.25, -0.2) is 4.98 Å². The van der Waals surface area contributed by atoms with Crippen LogP contribution in [0.15, 0.2) is 47.3 Å². The van der Waals surface area contributed by atoms with Crippen molar-refractivity contribution < 1.29 is 4.79 Å². The number of aromatic nitrogens is 3. The lowest BCUT2D eigenvalue weighted by Crippen LogP contribution is -1.92. The van der Waals surface area contributed by atoms with Gasteiger partial charge in [0.2, 0.25) is 0 Å². The molecular weight excluding hydrogens is 294 g/mol. The van der Waals surface area contributed by atoms with Crippen molar-refractivity contribution in [1.82, 2.24) is 14.4 Å². The summed E-state index contributed by atoms with van der Waals surface area (Å²) in [6.45, 7) is 0. The van der Waals surface area contributed by atoms with Crippen molar-refractivity contribution in [2.45, 2.75) is 0 Å². The van der Waals surface area contributed by atoms with E-state index in [0.29, 0.717) is 11.4 Å². The van der Waals surface area contributed by atoms with Gasteiger partial charge in [0.15, 0.2) is 11.9 Å². The number of carbonyl (C=O) groups is 1. The first kappa shape index (κ1) is 11.1. The largest absolute Gasteiger partial charge is 0.296 e. The van der Waals surface area contributed by atoms with Crippen LogP contribution >= 0.6 is 15.9 Å². The lowest BCUT2D eigenvalue weighted by atomic mass is 10.2. The standard InChI is InChI=1S/C13H8BrN3O/c14-10-2-1-7-17-11(8-18)12(16-13(10)17)9-3-5-15-6-4-9/h1-8H. The Balaban J connectivity index is 2.37. The molecule has 0 aliphatic rings. The Kier molecular flexibility index (Phi) is 2.68. The average Bonchev–Trinajstić information content (AvgIpc) is 2.80. The third-order valence-corrected chi connectivity index (χ3v) is 3.32. The van der Waals surface area contributed by atoms with E-state index >= 15 is 0 Å². The molecule has 0 saturated heterocycles. The monoisotopic (exact) mass is 301 g/mol. The molecule has 0 bridgehead atoms. The maximum absolute atomic E-state index is 11.3. The van der Waals surface area contributed by atoms with E-state index in [0.717, 1.165) is 22.0 Å². The van der Waals surface area contributed by atoms with Crippen LogP contribution in [0.4, 0.5) is 0 Å². The Labute approximate surface area is 111 Å². The first-order valence-corrected chi connectivity index (χ1v) is 6.12. The van der Waals surface area contributed by atoms with Crippen molar-refractivity contribution in [3.05, 3.63) is 53.0 Å². The highest BCUT2D eigenvalue weighted by Gasteiger charge is 2.14. The van der Waals surface area contributed by atoms with Crippen molar-refractivity contribution >= 4 is 27.9 Å². The molecule has 0 aliphatic heterocycles. The van der Waals surface area contributed by atoms with Gasteiger partial charge in [0.1, 0.15) is 11.4 Å². The predicted molar refractivity (Wildman–Crippen MR) is 71.5 cm³/mol. The zero-order valence-corrected chi connectivity index (χ0v) is 10.8. The topological polar surface area (TPSA) is 47.3 Å². The third-order valence-electron chi connectivity index (χ3n) is 2.70. The summed E-state index contributed by atoms with van der Waals surface area (Å²) in [4.78, 5) is 19.8. The Morgan fingerprint density at radius 2 is 2.00 bits per heavy atom. The summed E-state index contributed by atoms with van der Waals surface area (Å²) in [6, 6.07) is 7.43. The molecule has 0 radical (unpaired) electrons. The molecule has 4 nitrogen and oxygen atoms in total. The van der Waals surface area contributed by atoms with E-state index in [1.165, 1.54) is 0 Å². The molecule has 0 fully saturated rings. The highest BCUT2D eigenvalue weighted by atomic mass is 79.9. The van der Waals surface area contributed by atoms with Gasteiger partial charge in [0, 0.05) is 24.2 Å². The van der Waals surface area contributed by atoms with Gasteiger partial charge in [0.05, 0.1) is 4.47 Å². The van der Waals surface area contributed by atoms with E-state index in [1.54, 1.807) is 16.8 Å². The van der Waals surface area contributed by atoms with Crippen LogP contribution in [-0.2, 0) is 0 Å². The Morgan fingerprint density at radius 1 is 1.22 bits per heavy atom. The van der Waals surface area contributed by atoms with Gasteiger partial charge in [-0.05, 0) is 40.2 Å². The zero-order valence-electron chi connectivity index (χ0n) is 9.25. The maximum Gasteiger partial charge on any atom is 0.169 e. The van der Waals surface area contributed by atoms with Crippen LogP contribution in [0, 0.1) is 0 Å². The normalized spacial score (nSPS) is 10.7. The van der Waals surface area contributed by atoms with Gasteiger partial charge in [0.25, 0.3) is 0 Å². The van der Waals surface area contributed by atoms with E-state index in [1.807, 2.05) is 30.5 Å². The molecular formula is C13H8BrN3O. The minimum Gasteiger partial charge on any atom is -0.296 e. The average molecular weight is 302 g/mol. The summed E-state index contributed by atoms with van der Waals surface area (Å²) in [6.07, 6.45) is 6.01. The predicted octanol–water partition coefficient (Wildman–Crippen LogP) is 2.97. The molecule has 0 aromatic carbocycles. The van der Waals surface area contributed by atoms with Crippen LogP contribution in [0.5, 0.6) is 0 Å². The van der Waals surface area contributed by atoms with Crippen molar-refractivity contribution in [2.75, 3.05) is 0 Å². The summed E-state index contributed by atoms with van der Waals surface area (Å²) < 4.78 is 2.63. The number of pyridine rings is 2. The van der Waals surface area contributed by atoms with E-state index in [2.05, 4.69) is 25.9 Å². The van der Waals surface area contributed by atoms with Crippen LogP contribution in [-0.4, -0.2) is 20.7 Å². The lowest BCUT2D eigenvalue weighted by molar-refractivity contribution is 0.111. The van der Waals surface area contributed by atoms with E-state index in [9.17, 15) is 4.79 Å². The van der Waals surface area contributed by atoms with Crippen LogP contribution in [0.3, 0.4) is 0 Å². The number of fused-ring (bicyclic) bond motifs is 1. The lowest BCUT2D eigenvalue weighted by Gasteiger charge is -1.97. The summed E-state index contributed by atoms with van der Waals surface area (Å²) in [5, 5.41) is 0. The number of nitrogens with zero attached hydrogens (tertiary/aromatic N) is 3. The van der Waals surface area contributed by atoms with Crippen molar-refractivity contribution in [3.8, 4) is 11.3 Å². The van der Waals surface area contributed by atoms with Crippen molar-refractivity contribution in [2.24, 2.45) is 0 Å². The molecule has 0 saturated carbocycles. The summed E-state index contributed by atoms with van der Waals surface area (Å²) in [5.74, 6) is 0. The first-order chi connectivity index (χ1) is 8.81. The molecule has 5 heteroatoms. The minimum absolute atomic E-state index is 0.539. The van der Waals surface area contributed by atoms with Crippen LogP contribution in [0.1, 0.15) is 10.5 Å². The Hall–Kier alpha value is -2.01. The maximum atomic E-state index is 11.3. The molecule has 0 atom stereocenters.